The average molecular weight is 229 g/mol. The molecule has 0 fully saturated rings. The van der Waals surface area contributed by atoms with E-state index in [2.05, 4.69) is 48.4 Å². The molecule has 0 saturated carbocycles. The zero-order valence-electron chi connectivity index (χ0n) is 10.6. The fourth-order valence-corrected chi connectivity index (χ4v) is 2.04. The van der Waals surface area contributed by atoms with E-state index in [4.69, 9.17) is 0 Å². The van der Waals surface area contributed by atoms with Crippen LogP contribution >= 0.6 is 0 Å². The Labute approximate surface area is 102 Å². The normalized spacial score (nSPS) is 10.8. The van der Waals surface area contributed by atoms with E-state index in [0.717, 1.165) is 18.1 Å². The van der Waals surface area contributed by atoms with Gasteiger partial charge in [-0.25, -0.2) is 0 Å². The Morgan fingerprint density at radius 2 is 1.94 bits per heavy atom. The minimum Gasteiger partial charge on any atom is -0.369 e. The Kier molecular flexibility index (Phi) is 3.47. The third-order valence-electron chi connectivity index (χ3n) is 2.79. The number of anilines is 1. The molecule has 1 aromatic carbocycles. The van der Waals surface area contributed by atoms with Gasteiger partial charge in [0.15, 0.2) is 5.82 Å². The number of hydrogen-bond donors (Lipinski definition) is 2. The molecule has 3 heteroatoms. The van der Waals surface area contributed by atoms with Crippen molar-refractivity contribution in [3.8, 4) is 11.3 Å². The van der Waals surface area contributed by atoms with Crippen LogP contribution in [0.1, 0.15) is 32.3 Å². The third kappa shape index (κ3) is 2.33. The smallest absolute Gasteiger partial charge is 0.151 e. The summed E-state index contributed by atoms with van der Waals surface area (Å²) in [4.78, 5) is 0. The van der Waals surface area contributed by atoms with E-state index in [1.54, 1.807) is 0 Å². The van der Waals surface area contributed by atoms with Gasteiger partial charge in [0.25, 0.3) is 0 Å². The highest BCUT2D eigenvalue weighted by molar-refractivity contribution is 5.69. The van der Waals surface area contributed by atoms with Gasteiger partial charge >= 0.3 is 0 Å². The van der Waals surface area contributed by atoms with Gasteiger partial charge in [-0.3, -0.25) is 5.10 Å². The highest BCUT2D eigenvalue weighted by Crippen LogP contribution is 2.32. The molecule has 0 atom stereocenters. The molecular weight excluding hydrogens is 210 g/mol. The molecule has 0 aliphatic heterocycles. The van der Waals surface area contributed by atoms with Crippen molar-refractivity contribution >= 4 is 5.82 Å². The van der Waals surface area contributed by atoms with Crippen LogP contribution in [-0.4, -0.2) is 16.7 Å². The van der Waals surface area contributed by atoms with Crippen molar-refractivity contribution in [2.45, 2.75) is 26.7 Å². The SMILES string of the molecule is CCNc1n[nH]c(-c2ccccc2)c1C(C)C. The van der Waals surface area contributed by atoms with Crippen LogP contribution in [0.4, 0.5) is 5.82 Å². The number of nitrogens with one attached hydrogen (secondary N) is 2. The van der Waals surface area contributed by atoms with Crippen LogP contribution in [0.2, 0.25) is 0 Å². The maximum Gasteiger partial charge on any atom is 0.151 e. The van der Waals surface area contributed by atoms with E-state index < -0.39 is 0 Å². The van der Waals surface area contributed by atoms with E-state index in [-0.39, 0.29) is 0 Å². The predicted molar refractivity (Wildman–Crippen MR) is 72.3 cm³/mol. The molecule has 2 aromatic rings. The van der Waals surface area contributed by atoms with Gasteiger partial charge in [0.2, 0.25) is 0 Å². The van der Waals surface area contributed by atoms with Gasteiger partial charge in [-0.2, -0.15) is 5.10 Å². The van der Waals surface area contributed by atoms with Crippen molar-refractivity contribution in [2.75, 3.05) is 11.9 Å². The van der Waals surface area contributed by atoms with Gasteiger partial charge < -0.3 is 5.32 Å². The fourth-order valence-electron chi connectivity index (χ4n) is 2.04. The molecule has 17 heavy (non-hydrogen) atoms. The zero-order chi connectivity index (χ0) is 12.3. The maximum atomic E-state index is 4.37. The summed E-state index contributed by atoms with van der Waals surface area (Å²) in [6, 6.07) is 10.3. The molecule has 2 N–H and O–H groups in total. The first-order chi connectivity index (χ1) is 8.24. The Morgan fingerprint density at radius 3 is 2.53 bits per heavy atom. The summed E-state index contributed by atoms with van der Waals surface area (Å²) in [6.07, 6.45) is 0. The van der Waals surface area contributed by atoms with Crippen LogP contribution in [0, 0.1) is 0 Å². The molecule has 0 amide bonds. The summed E-state index contributed by atoms with van der Waals surface area (Å²) in [7, 11) is 0. The quantitative estimate of drug-likeness (QED) is 0.840. The molecule has 90 valence electrons. The number of H-pyrrole nitrogens is 1. The van der Waals surface area contributed by atoms with Gasteiger partial charge in [0.1, 0.15) is 0 Å². The van der Waals surface area contributed by atoms with Gasteiger partial charge in [-0.15, -0.1) is 0 Å². The predicted octanol–water partition coefficient (Wildman–Crippen LogP) is 3.63. The Hall–Kier alpha value is -1.77. The van der Waals surface area contributed by atoms with E-state index in [1.165, 1.54) is 11.1 Å². The molecule has 2 rings (SSSR count). The van der Waals surface area contributed by atoms with Crippen LogP contribution in [0.3, 0.4) is 0 Å². The van der Waals surface area contributed by atoms with Crippen molar-refractivity contribution in [1.29, 1.82) is 0 Å². The summed E-state index contributed by atoms with van der Waals surface area (Å²) in [5, 5.41) is 10.8. The second-order valence-corrected chi connectivity index (χ2v) is 4.41. The number of benzene rings is 1. The van der Waals surface area contributed by atoms with E-state index in [9.17, 15) is 0 Å². The number of aromatic amines is 1. The van der Waals surface area contributed by atoms with Crippen LogP contribution in [0.25, 0.3) is 11.3 Å². The van der Waals surface area contributed by atoms with Crippen LogP contribution in [0.5, 0.6) is 0 Å². The monoisotopic (exact) mass is 229 g/mol. The molecule has 1 heterocycles. The first-order valence-electron chi connectivity index (χ1n) is 6.11. The second kappa shape index (κ2) is 5.04. The van der Waals surface area contributed by atoms with Crippen molar-refractivity contribution < 1.29 is 0 Å². The summed E-state index contributed by atoms with van der Waals surface area (Å²) in [5.74, 6) is 1.42. The van der Waals surface area contributed by atoms with Gasteiger partial charge in [-0.05, 0) is 18.4 Å². The fraction of sp³-hybridized carbons (Fsp3) is 0.357. The van der Waals surface area contributed by atoms with Crippen LogP contribution in [-0.2, 0) is 0 Å². The largest absolute Gasteiger partial charge is 0.369 e. The average Bonchev–Trinajstić information content (AvgIpc) is 2.74. The topological polar surface area (TPSA) is 40.7 Å². The Balaban J connectivity index is 2.48. The first-order valence-corrected chi connectivity index (χ1v) is 6.11. The highest BCUT2D eigenvalue weighted by atomic mass is 15.2. The lowest BCUT2D eigenvalue weighted by Crippen LogP contribution is -2.01. The first kappa shape index (κ1) is 11.7. The summed E-state index contributed by atoms with van der Waals surface area (Å²) in [5.41, 5.74) is 3.57. The Bertz CT molecular complexity index is 471. The number of hydrogen-bond acceptors (Lipinski definition) is 2. The maximum absolute atomic E-state index is 4.37. The minimum absolute atomic E-state index is 0.443. The molecule has 3 nitrogen and oxygen atoms in total. The van der Waals surface area contributed by atoms with Crippen molar-refractivity contribution in [3.63, 3.8) is 0 Å². The lowest BCUT2D eigenvalue weighted by atomic mass is 9.98. The standard InChI is InChI=1S/C14H19N3/c1-4-15-14-12(10(2)3)13(16-17-14)11-8-6-5-7-9-11/h5-10H,4H2,1-3H3,(H2,15,16,17). The van der Waals surface area contributed by atoms with Crippen molar-refractivity contribution in [2.24, 2.45) is 0 Å². The molecule has 0 radical (unpaired) electrons. The van der Waals surface area contributed by atoms with Crippen LogP contribution < -0.4 is 5.32 Å². The van der Waals surface area contributed by atoms with Gasteiger partial charge in [0, 0.05) is 12.1 Å². The summed E-state index contributed by atoms with van der Waals surface area (Å²) in [6.45, 7) is 7.36. The third-order valence-corrected chi connectivity index (χ3v) is 2.79. The second-order valence-electron chi connectivity index (χ2n) is 4.41. The number of rotatable bonds is 4. The molecule has 0 saturated heterocycles. The van der Waals surface area contributed by atoms with Crippen molar-refractivity contribution in [3.05, 3.63) is 35.9 Å². The zero-order valence-corrected chi connectivity index (χ0v) is 10.6. The Morgan fingerprint density at radius 1 is 1.24 bits per heavy atom. The molecule has 0 bridgehead atoms. The highest BCUT2D eigenvalue weighted by Gasteiger charge is 2.16. The molecule has 0 aliphatic carbocycles. The molecule has 0 unspecified atom stereocenters. The molecule has 0 spiro atoms. The molecule has 0 aliphatic rings. The number of aromatic nitrogens is 2. The molecular formula is C14H19N3. The molecule has 1 aromatic heterocycles. The van der Waals surface area contributed by atoms with E-state index in [0.29, 0.717) is 5.92 Å². The van der Waals surface area contributed by atoms with Crippen molar-refractivity contribution in [1.82, 2.24) is 10.2 Å². The van der Waals surface area contributed by atoms with E-state index >= 15 is 0 Å². The van der Waals surface area contributed by atoms with Gasteiger partial charge in [0.05, 0.1) is 5.69 Å². The van der Waals surface area contributed by atoms with E-state index in [1.807, 2.05) is 18.2 Å². The van der Waals surface area contributed by atoms with Crippen LogP contribution in [0.15, 0.2) is 30.3 Å². The lowest BCUT2D eigenvalue weighted by Gasteiger charge is -2.09. The van der Waals surface area contributed by atoms with Gasteiger partial charge in [-0.1, -0.05) is 44.2 Å². The minimum atomic E-state index is 0.443. The lowest BCUT2D eigenvalue weighted by molar-refractivity contribution is 0.869. The summed E-state index contributed by atoms with van der Waals surface area (Å²) < 4.78 is 0. The summed E-state index contributed by atoms with van der Waals surface area (Å²) >= 11 is 0. The number of nitrogens with zero attached hydrogens (tertiary/aromatic N) is 1.